The average Bonchev–Trinajstić information content (AvgIpc) is 2.32. The fourth-order valence-corrected chi connectivity index (χ4v) is 2.12. The molecule has 1 N–H and O–H groups in total. The maximum atomic E-state index is 13.8. The average molecular weight is 272 g/mol. The van der Waals surface area contributed by atoms with Crippen molar-refractivity contribution in [2.24, 2.45) is 5.41 Å². The summed E-state index contributed by atoms with van der Waals surface area (Å²) >= 11 is 6.09. The fourth-order valence-electron chi connectivity index (χ4n) is 1.89. The van der Waals surface area contributed by atoms with Crippen molar-refractivity contribution in [2.45, 2.75) is 46.6 Å². The van der Waals surface area contributed by atoms with Gasteiger partial charge in [-0.05, 0) is 30.4 Å². The fraction of sp³-hybridized carbons (Fsp3) is 0.600. The van der Waals surface area contributed by atoms with Crippen molar-refractivity contribution in [1.29, 1.82) is 0 Å². The summed E-state index contributed by atoms with van der Waals surface area (Å²) in [5.41, 5.74) is 0.657. The Labute approximate surface area is 115 Å². The van der Waals surface area contributed by atoms with Crippen molar-refractivity contribution in [1.82, 2.24) is 5.32 Å². The minimum Gasteiger partial charge on any atom is -0.314 e. The predicted molar refractivity (Wildman–Crippen MR) is 76.7 cm³/mol. The van der Waals surface area contributed by atoms with Gasteiger partial charge in [-0.25, -0.2) is 4.39 Å². The van der Waals surface area contributed by atoms with Gasteiger partial charge in [0, 0.05) is 23.2 Å². The van der Waals surface area contributed by atoms with Gasteiger partial charge >= 0.3 is 0 Å². The maximum absolute atomic E-state index is 13.8. The van der Waals surface area contributed by atoms with Gasteiger partial charge in [-0.1, -0.05) is 45.4 Å². The van der Waals surface area contributed by atoms with Crippen molar-refractivity contribution in [3.63, 3.8) is 0 Å². The van der Waals surface area contributed by atoms with Gasteiger partial charge in [0.2, 0.25) is 0 Å². The lowest BCUT2D eigenvalue weighted by atomic mass is 9.80. The summed E-state index contributed by atoms with van der Waals surface area (Å²) in [6.45, 7) is 9.41. The summed E-state index contributed by atoms with van der Waals surface area (Å²) in [5, 5.41) is 3.96. The van der Waals surface area contributed by atoms with Gasteiger partial charge in [0.05, 0.1) is 0 Å². The third-order valence-electron chi connectivity index (χ3n) is 3.46. The molecule has 1 rings (SSSR count). The molecule has 1 nitrogen and oxygen atoms in total. The first-order valence-corrected chi connectivity index (χ1v) is 6.92. The molecule has 0 saturated heterocycles. The van der Waals surface area contributed by atoms with Crippen molar-refractivity contribution in [3.8, 4) is 0 Å². The number of hydrogen-bond acceptors (Lipinski definition) is 1. The van der Waals surface area contributed by atoms with Crippen molar-refractivity contribution < 1.29 is 4.39 Å². The van der Waals surface area contributed by atoms with E-state index < -0.39 is 0 Å². The van der Waals surface area contributed by atoms with Gasteiger partial charge in [0.25, 0.3) is 0 Å². The van der Waals surface area contributed by atoms with Crippen LogP contribution in [0.25, 0.3) is 0 Å². The van der Waals surface area contributed by atoms with Crippen LogP contribution in [0.1, 0.15) is 39.7 Å². The summed E-state index contributed by atoms with van der Waals surface area (Å²) in [6.07, 6.45) is 1.64. The van der Waals surface area contributed by atoms with E-state index in [1.807, 2.05) is 0 Å². The molecule has 1 aromatic rings. The molecule has 0 heterocycles. The molecule has 0 aliphatic heterocycles. The molecule has 0 amide bonds. The molecule has 0 aliphatic rings. The second-order valence-electron chi connectivity index (χ2n) is 5.58. The molecule has 0 aromatic heterocycles. The summed E-state index contributed by atoms with van der Waals surface area (Å²) in [6, 6.07) is 5.32. The van der Waals surface area contributed by atoms with Crippen molar-refractivity contribution in [3.05, 3.63) is 34.6 Å². The molecular formula is C15H23ClFN. The molecule has 102 valence electrons. The Hall–Kier alpha value is -0.600. The van der Waals surface area contributed by atoms with E-state index in [1.54, 1.807) is 12.1 Å². The highest BCUT2D eigenvalue weighted by Crippen LogP contribution is 2.30. The van der Waals surface area contributed by atoms with Crippen LogP contribution >= 0.6 is 11.6 Å². The molecule has 3 heteroatoms. The van der Waals surface area contributed by atoms with Crippen LogP contribution in [0.4, 0.5) is 4.39 Å². The first-order chi connectivity index (χ1) is 8.38. The number of nitrogens with one attached hydrogen (secondary N) is 1. The third kappa shape index (κ3) is 4.25. The van der Waals surface area contributed by atoms with Gasteiger partial charge in [0.15, 0.2) is 0 Å². The lowest BCUT2D eigenvalue weighted by molar-refractivity contribution is 0.278. The Bertz CT molecular complexity index is 372. The monoisotopic (exact) mass is 271 g/mol. The van der Waals surface area contributed by atoms with Crippen LogP contribution < -0.4 is 5.32 Å². The highest BCUT2D eigenvalue weighted by atomic mass is 35.5. The standard InChI is InChI=1S/C15H23ClFN/c1-5-15(4,10-18-11(2)3)9-12-13(16)7-6-8-14(12)17/h6-8,11,18H,5,9-10H2,1-4H3. The van der Waals surface area contributed by atoms with Gasteiger partial charge in [-0.3, -0.25) is 0 Å². The topological polar surface area (TPSA) is 12.0 Å². The normalized spacial score (nSPS) is 14.8. The number of benzene rings is 1. The molecule has 18 heavy (non-hydrogen) atoms. The summed E-state index contributed by atoms with van der Waals surface area (Å²) < 4.78 is 13.8. The second kappa shape index (κ2) is 6.53. The minimum atomic E-state index is -0.202. The van der Waals surface area contributed by atoms with Crippen LogP contribution in [-0.4, -0.2) is 12.6 Å². The van der Waals surface area contributed by atoms with Crippen LogP contribution in [0.3, 0.4) is 0 Å². The molecule has 0 spiro atoms. The summed E-state index contributed by atoms with van der Waals surface area (Å²) in [7, 11) is 0. The van der Waals surface area contributed by atoms with E-state index in [4.69, 9.17) is 11.6 Å². The molecule has 1 atom stereocenters. The zero-order valence-corrected chi connectivity index (χ0v) is 12.4. The number of hydrogen-bond donors (Lipinski definition) is 1. The Balaban J connectivity index is 2.84. The highest BCUT2D eigenvalue weighted by molar-refractivity contribution is 6.31. The van der Waals surface area contributed by atoms with Crippen LogP contribution in [0.5, 0.6) is 0 Å². The van der Waals surface area contributed by atoms with Crippen LogP contribution in [0, 0.1) is 11.2 Å². The first-order valence-electron chi connectivity index (χ1n) is 6.54. The SMILES string of the molecule is CCC(C)(CNC(C)C)Cc1c(F)cccc1Cl. The van der Waals surface area contributed by atoms with E-state index in [0.29, 0.717) is 23.0 Å². The summed E-state index contributed by atoms with van der Waals surface area (Å²) in [5.74, 6) is -0.202. The number of halogens is 2. The Morgan fingerprint density at radius 2 is 2.06 bits per heavy atom. The molecule has 1 aromatic carbocycles. The predicted octanol–water partition coefficient (Wildman–Crippen LogP) is 4.44. The third-order valence-corrected chi connectivity index (χ3v) is 3.81. The highest BCUT2D eigenvalue weighted by Gasteiger charge is 2.25. The largest absolute Gasteiger partial charge is 0.314 e. The molecule has 0 aliphatic carbocycles. The molecule has 1 unspecified atom stereocenters. The van der Waals surface area contributed by atoms with E-state index in [9.17, 15) is 4.39 Å². The minimum absolute atomic E-state index is 0.0239. The van der Waals surface area contributed by atoms with Crippen LogP contribution in [0.15, 0.2) is 18.2 Å². The molecule has 0 radical (unpaired) electrons. The zero-order valence-electron chi connectivity index (χ0n) is 11.7. The maximum Gasteiger partial charge on any atom is 0.127 e. The molecule has 0 bridgehead atoms. The molecule has 0 fully saturated rings. The van der Waals surface area contributed by atoms with Gasteiger partial charge < -0.3 is 5.32 Å². The first kappa shape index (κ1) is 15.5. The second-order valence-corrected chi connectivity index (χ2v) is 5.98. The van der Waals surface area contributed by atoms with E-state index in [-0.39, 0.29) is 11.2 Å². The van der Waals surface area contributed by atoms with Crippen molar-refractivity contribution in [2.75, 3.05) is 6.54 Å². The lowest BCUT2D eigenvalue weighted by Crippen LogP contribution is -2.37. The molecule has 0 saturated carbocycles. The Kier molecular flexibility index (Phi) is 5.61. The lowest BCUT2D eigenvalue weighted by Gasteiger charge is -2.30. The van der Waals surface area contributed by atoms with E-state index >= 15 is 0 Å². The smallest absolute Gasteiger partial charge is 0.127 e. The zero-order chi connectivity index (χ0) is 13.8. The Morgan fingerprint density at radius 3 is 2.56 bits per heavy atom. The van der Waals surface area contributed by atoms with Crippen LogP contribution in [0.2, 0.25) is 5.02 Å². The van der Waals surface area contributed by atoms with Gasteiger partial charge in [-0.15, -0.1) is 0 Å². The molecular weight excluding hydrogens is 249 g/mol. The quantitative estimate of drug-likeness (QED) is 0.807. The van der Waals surface area contributed by atoms with Crippen LogP contribution in [-0.2, 0) is 6.42 Å². The van der Waals surface area contributed by atoms with Crippen molar-refractivity contribution >= 4 is 11.6 Å². The Morgan fingerprint density at radius 1 is 1.39 bits per heavy atom. The summed E-state index contributed by atoms with van der Waals surface area (Å²) in [4.78, 5) is 0. The van der Waals surface area contributed by atoms with Gasteiger partial charge in [-0.2, -0.15) is 0 Å². The van der Waals surface area contributed by atoms with Gasteiger partial charge in [0.1, 0.15) is 5.82 Å². The number of rotatable bonds is 6. The van der Waals surface area contributed by atoms with E-state index in [1.165, 1.54) is 6.07 Å². The van der Waals surface area contributed by atoms with E-state index in [0.717, 1.165) is 13.0 Å². The van der Waals surface area contributed by atoms with E-state index in [2.05, 4.69) is 33.0 Å².